The Hall–Kier alpha value is -3.10. The summed E-state index contributed by atoms with van der Waals surface area (Å²) in [5, 5.41) is 11.0. The molecule has 2 heterocycles. The highest BCUT2D eigenvalue weighted by Crippen LogP contribution is 2.40. The zero-order chi connectivity index (χ0) is 21.5. The molecule has 1 aliphatic rings. The molecule has 4 rings (SSSR count). The Morgan fingerprint density at radius 1 is 1.20 bits per heavy atom. The number of hydrogen-bond acceptors (Lipinski definition) is 4. The molecule has 0 saturated heterocycles. The van der Waals surface area contributed by atoms with Crippen LogP contribution >= 0.6 is 0 Å². The van der Waals surface area contributed by atoms with Crippen molar-refractivity contribution in [2.45, 2.75) is 51.9 Å². The van der Waals surface area contributed by atoms with Crippen molar-refractivity contribution < 1.29 is 22.4 Å². The maximum Gasteiger partial charge on any atom is 0.416 e. The van der Waals surface area contributed by atoms with Gasteiger partial charge in [-0.1, -0.05) is 12.1 Å². The van der Waals surface area contributed by atoms with Gasteiger partial charge in [-0.25, -0.2) is 0 Å². The number of carbonyl (C=O) groups excluding carboxylic acids is 1. The number of amides is 1. The fraction of sp³-hybridized carbons (Fsp3) is 0.381. The third kappa shape index (κ3) is 4.24. The van der Waals surface area contributed by atoms with Crippen molar-refractivity contribution in [1.82, 2.24) is 20.1 Å². The van der Waals surface area contributed by atoms with Crippen LogP contribution in [0.4, 0.5) is 13.2 Å². The summed E-state index contributed by atoms with van der Waals surface area (Å²) < 4.78 is 45.5. The van der Waals surface area contributed by atoms with Crippen LogP contribution in [0.2, 0.25) is 0 Å². The highest BCUT2D eigenvalue weighted by Gasteiger charge is 2.31. The van der Waals surface area contributed by atoms with E-state index in [1.807, 2.05) is 24.5 Å². The van der Waals surface area contributed by atoms with Gasteiger partial charge in [0.05, 0.1) is 11.1 Å². The largest absolute Gasteiger partial charge is 0.420 e. The molecule has 1 aliphatic carbocycles. The van der Waals surface area contributed by atoms with E-state index < -0.39 is 11.7 Å². The van der Waals surface area contributed by atoms with E-state index in [1.54, 1.807) is 0 Å². The lowest BCUT2D eigenvalue weighted by molar-refractivity contribution is -0.137. The lowest BCUT2D eigenvalue weighted by Crippen LogP contribution is -2.27. The quantitative estimate of drug-likeness (QED) is 0.645. The van der Waals surface area contributed by atoms with Crippen molar-refractivity contribution in [2.75, 3.05) is 0 Å². The Bertz CT molecular complexity index is 1060. The third-order valence-electron chi connectivity index (χ3n) is 5.24. The first-order valence-corrected chi connectivity index (χ1v) is 9.65. The molecule has 1 saturated carbocycles. The minimum absolute atomic E-state index is 0.0852. The normalized spacial score (nSPS) is 14.2. The van der Waals surface area contributed by atoms with Gasteiger partial charge in [-0.3, -0.25) is 4.79 Å². The van der Waals surface area contributed by atoms with E-state index in [-0.39, 0.29) is 19.0 Å². The van der Waals surface area contributed by atoms with Gasteiger partial charge in [0.1, 0.15) is 6.54 Å². The van der Waals surface area contributed by atoms with Gasteiger partial charge < -0.3 is 14.3 Å². The van der Waals surface area contributed by atoms with Crippen molar-refractivity contribution in [3.8, 4) is 11.5 Å². The second-order valence-corrected chi connectivity index (χ2v) is 7.56. The number of rotatable bonds is 6. The Morgan fingerprint density at radius 2 is 1.90 bits per heavy atom. The lowest BCUT2D eigenvalue weighted by atomic mass is 10.1. The van der Waals surface area contributed by atoms with Crippen LogP contribution in [0.3, 0.4) is 0 Å². The topological polar surface area (TPSA) is 73.0 Å². The summed E-state index contributed by atoms with van der Waals surface area (Å²) in [5.41, 5.74) is 2.38. The first kappa shape index (κ1) is 20.2. The van der Waals surface area contributed by atoms with E-state index in [4.69, 9.17) is 4.42 Å². The van der Waals surface area contributed by atoms with Crippen molar-refractivity contribution in [2.24, 2.45) is 0 Å². The van der Waals surface area contributed by atoms with Gasteiger partial charge in [0.15, 0.2) is 0 Å². The van der Waals surface area contributed by atoms with Gasteiger partial charge in [-0.2, -0.15) is 13.2 Å². The van der Waals surface area contributed by atoms with Gasteiger partial charge in [0.2, 0.25) is 17.7 Å². The molecular formula is C21H21F3N4O2. The number of carbonyl (C=O) groups is 1. The number of alkyl halides is 3. The summed E-state index contributed by atoms with van der Waals surface area (Å²) in [6.45, 7) is 4.00. The van der Waals surface area contributed by atoms with Gasteiger partial charge in [-0.15, -0.1) is 10.2 Å². The molecule has 0 unspecified atom stereocenters. The van der Waals surface area contributed by atoms with Gasteiger partial charge in [0, 0.05) is 23.9 Å². The summed E-state index contributed by atoms with van der Waals surface area (Å²) in [6, 6.07) is 6.64. The van der Waals surface area contributed by atoms with Crippen molar-refractivity contribution >= 4 is 5.91 Å². The lowest BCUT2D eigenvalue weighted by Gasteiger charge is -2.11. The molecule has 0 spiro atoms. The monoisotopic (exact) mass is 418 g/mol. The first-order chi connectivity index (χ1) is 14.2. The van der Waals surface area contributed by atoms with Crippen LogP contribution in [-0.2, 0) is 24.1 Å². The molecule has 2 aromatic heterocycles. The van der Waals surface area contributed by atoms with Crippen molar-refractivity contribution in [3.05, 3.63) is 58.7 Å². The van der Waals surface area contributed by atoms with E-state index in [0.29, 0.717) is 23.3 Å². The number of nitrogens with zero attached hydrogens (tertiary/aromatic N) is 3. The van der Waals surface area contributed by atoms with Crippen LogP contribution in [0, 0.1) is 13.8 Å². The molecular weight excluding hydrogens is 397 g/mol. The predicted molar refractivity (Wildman–Crippen MR) is 102 cm³/mol. The number of nitrogens with one attached hydrogen (secondary N) is 1. The van der Waals surface area contributed by atoms with E-state index in [1.165, 1.54) is 12.1 Å². The van der Waals surface area contributed by atoms with Gasteiger partial charge >= 0.3 is 6.18 Å². The minimum atomic E-state index is -4.37. The van der Waals surface area contributed by atoms with Gasteiger partial charge in [0.25, 0.3) is 0 Å². The number of halogens is 3. The third-order valence-corrected chi connectivity index (χ3v) is 5.24. The molecule has 6 nitrogen and oxygen atoms in total. The molecule has 1 fully saturated rings. The van der Waals surface area contributed by atoms with Crippen LogP contribution in [-0.4, -0.2) is 20.7 Å². The molecule has 0 aliphatic heterocycles. The second-order valence-electron chi connectivity index (χ2n) is 7.56. The number of aryl methyl sites for hydroxylation is 1. The van der Waals surface area contributed by atoms with Crippen LogP contribution in [0.1, 0.15) is 47.2 Å². The van der Waals surface area contributed by atoms with E-state index in [9.17, 15) is 18.0 Å². The van der Waals surface area contributed by atoms with E-state index >= 15 is 0 Å². The zero-order valence-electron chi connectivity index (χ0n) is 16.6. The number of aromatic nitrogens is 3. The highest BCUT2D eigenvalue weighted by molar-refractivity contribution is 5.76. The number of benzene rings is 1. The van der Waals surface area contributed by atoms with Crippen molar-refractivity contribution in [3.63, 3.8) is 0 Å². The zero-order valence-corrected chi connectivity index (χ0v) is 16.6. The fourth-order valence-electron chi connectivity index (χ4n) is 3.31. The molecule has 158 valence electrons. The second kappa shape index (κ2) is 7.62. The maximum absolute atomic E-state index is 12.6. The average molecular weight is 418 g/mol. The molecule has 1 amide bonds. The van der Waals surface area contributed by atoms with Crippen LogP contribution in [0.15, 0.2) is 34.7 Å². The summed E-state index contributed by atoms with van der Waals surface area (Å²) in [4.78, 5) is 12.4. The smallest absolute Gasteiger partial charge is 0.416 e. The molecule has 0 atom stereocenters. The summed E-state index contributed by atoms with van der Waals surface area (Å²) in [5.74, 6) is 1.23. The molecule has 30 heavy (non-hydrogen) atoms. The predicted octanol–water partition coefficient (Wildman–Crippen LogP) is 4.37. The molecule has 3 aromatic rings. The molecule has 1 aromatic carbocycles. The molecule has 9 heteroatoms. The molecule has 1 N–H and O–H groups in total. The fourth-order valence-corrected chi connectivity index (χ4v) is 3.31. The van der Waals surface area contributed by atoms with E-state index in [0.717, 1.165) is 41.9 Å². The Morgan fingerprint density at radius 3 is 2.53 bits per heavy atom. The Kier molecular flexibility index (Phi) is 5.13. The summed E-state index contributed by atoms with van der Waals surface area (Å²) in [6.07, 6.45) is -2.24. The van der Waals surface area contributed by atoms with Crippen LogP contribution in [0.5, 0.6) is 0 Å². The van der Waals surface area contributed by atoms with Gasteiger partial charge in [-0.05, 0) is 50.5 Å². The summed E-state index contributed by atoms with van der Waals surface area (Å²) >= 11 is 0. The molecule has 0 bridgehead atoms. The minimum Gasteiger partial charge on any atom is -0.420 e. The molecule has 0 radical (unpaired) electrons. The number of hydrogen-bond donors (Lipinski definition) is 1. The first-order valence-electron chi connectivity index (χ1n) is 9.65. The summed E-state index contributed by atoms with van der Waals surface area (Å²) in [7, 11) is 0. The standard InChI is InChI=1S/C21H21F3N4O2/c1-12-9-17(20-27-26-19(30-20)15-5-6-15)13(2)28(12)11-18(29)25-10-14-3-7-16(8-4-14)21(22,23)24/h3-4,7-9,15H,5-6,10-11H2,1-2H3,(H,25,29). The van der Waals surface area contributed by atoms with Crippen LogP contribution in [0.25, 0.3) is 11.5 Å². The Labute approximate surface area is 171 Å². The van der Waals surface area contributed by atoms with Crippen molar-refractivity contribution in [1.29, 1.82) is 0 Å². The highest BCUT2D eigenvalue weighted by atomic mass is 19.4. The average Bonchev–Trinajstić information content (AvgIpc) is 3.37. The van der Waals surface area contributed by atoms with Crippen LogP contribution < -0.4 is 5.32 Å². The van der Waals surface area contributed by atoms with E-state index in [2.05, 4.69) is 15.5 Å². The SMILES string of the molecule is Cc1cc(-c2nnc(C3CC3)o2)c(C)n1CC(=O)NCc1ccc(C(F)(F)F)cc1. The maximum atomic E-state index is 12.6. The Balaban J connectivity index is 1.40.